The molecule has 0 aliphatic heterocycles. The molecule has 0 rings (SSSR count). The Morgan fingerprint density at radius 3 is 2.22 bits per heavy atom. The summed E-state index contributed by atoms with van der Waals surface area (Å²) >= 11 is 5.89. The van der Waals surface area contributed by atoms with Gasteiger partial charge in [0.15, 0.2) is 5.56 Å². The second-order valence-corrected chi connectivity index (χ2v) is 5.02. The third-order valence-electron chi connectivity index (χ3n) is 2.68. The van der Waals surface area contributed by atoms with Gasteiger partial charge in [-0.15, -0.1) is 0 Å². The van der Waals surface area contributed by atoms with Crippen LogP contribution in [0.3, 0.4) is 0 Å². The molecule has 0 radical (unpaired) electrons. The third kappa shape index (κ3) is 12.0. The Kier molecular flexibility index (Phi) is 12.7. The number of ether oxygens (including phenoxy) is 2. The molecule has 0 aliphatic carbocycles. The Morgan fingerprint density at radius 1 is 1.00 bits per heavy atom. The van der Waals surface area contributed by atoms with Crippen molar-refractivity contribution in [3.05, 3.63) is 0 Å². The predicted molar refractivity (Wildman–Crippen MR) is 75.0 cm³/mol. The second-order valence-electron chi connectivity index (χ2n) is 4.54. The van der Waals surface area contributed by atoms with Crippen LogP contribution in [-0.4, -0.2) is 18.3 Å². The van der Waals surface area contributed by atoms with Gasteiger partial charge in [0.2, 0.25) is 0 Å². The van der Waals surface area contributed by atoms with Crippen molar-refractivity contribution in [2.24, 2.45) is 0 Å². The van der Waals surface area contributed by atoms with E-state index in [4.69, 9.17) is 21.1 Å². The molecule has 4 heteroatoms. The van der Waals surface area contributed by atoms with Crippen molar-refractivity contribution in [1.82, 2.24) is 0 Å². The summed E-state index contributed by atoms with van der Waals surface area (Å²) in [4.78, 5) is 11.1. The number of alkyl halides is 1. The fourth-order valence-electron chi connectivity index (χ4n) is 1.64. The molecule has 0 saturated heterocycles. The van der Waals surface area contributed by atoms with Gasteiger partial charge in [-0.2, -0.15) is 0 Å². The number of hydrogen-bond donors (Lipinski definition) is 0. The highest BCUT2D eigenvalue weighted by Gasteiger charge is 2.11. The molecular weight excluding hydrogens is 252 g/mol. The molecule has 0 N–H and O–H groups in total. The van der Waals surface area contributed by atoms with Gasteiger partial charge in [0, 0.05) is 0 Å². The molecule has 0 saturated carbocycles. The van der Waals surface area contributed by atoms with Crippen LogP contribution in [0.5, 0.6) is 0 Å². The van der Waals surface area contributed by atoms with Crippen LogP contribution in [0.15, 0.2) is 0 Å². The fraction of sp³-hybridized carbons (Fsp3) is 0.929. The molecule has 1 unspecified atom stereocenters. The van der Waals surface area contributed by atoms with Crippen LogP contribution in [0.1, 0.15) is 71.6 Å². The second kappa shape index (κ2) is 13.0. The molecule has 0 aromatic heterocycles. The lowest BCUT2D eigenvalue weighted by atomic mass is 10.1. The maximum atomic E-state index is 11.1. The third-order valence-corrected chi connectivity index (χ3v) is 2.99. The highest BCUT2D eigenvalue weighted by Crippen LogP contribution is 2.13. The minimum atomic E-state index is -0.653. The standard InChI is InChI=1S/C14H27ClO3/c1-3-5-6-7-8-9-10-11-13(15)18-14(16)17-12-4-2/h13H,3-12H2,1-2H3. The first-order valence-corrected chi connectivity index (χ1v) is 7.61. The molecule has 3 nitrogen and oxygen atoms in total. The van der Waals surface area contributed by atoms with Gasteiger partial charge in [0.1, 0.15) is 0 Å². The van der Waals surface area contributed by atoms with Crippen LogP contribution in [0.2, 0.25) is 0 Å². The summed E-state index contributed by atoms with van der Waals surface area (Å²) in [5.41, 5.74) is -0.551. The molecule has 0 fully saturated rings. The molecule has 108 valence electrons. The normalized spacial score (nSPS) is 12.2. The van der Waals surface area contributed by atoms with Crippen molar-refractivity contribution >= 4 is 17.8 Å². The number of carbonyl (C=O) groups is 1. The van der Waals surface area contributed by atoms with Crippen molar-refractivity contribution in [1.29, 1.82) is 0 Å². The van der Waals surface area contributed by atoms with Gasteiger partial charge in [-0.25, -0.2) is 4.79 Å². The van der Waals surface area contributed by atoms with Gasteiger partial charge in [-0.1, -0.05) is 64.0 Å². The summed E-state index contributed by atoms with van der Waals surface area (Å²) in [5.74, 6) is 0. The van der Waals surface area contributed by atoms with Crippen LogP contribution in [-0.2, 0) is 9.47 Å². The zero-order chi connectivity index (χ0) is 13.6. The van der Waals surface area contributed by atoms with Crippen molar-refractivity contribution in [3.8, 4) is 0 Å². The predicted octanol–water partition coefficient (Wildman–Crippen LogP) is 5.26. The van der Waals surface area contributed by atoms with Gasteiger partial charge in [0.05, 0.1) is 6.61 Å². The van der Waals surface area contributed by atoms with Crippen molar-refractivity contribution in [3.63, 3.8) is 0 Å². The van der Waals surface area contributed by atoms with Crippen molar-refractivity contribution in [2.45, 2.75) is 77.2 Å². The molecule has 0 aromatic rings. The molecule has 18 heavy (non-hydrogen) atoms. The lowest BCUT2D eigenvalue weighted by Gasteiger charge is -2.10. The smallest absolute Gasteiger partial charge is 0.434 e. The van der Waals surface area contributed by atoms with E-state index in [-0.39, 0.29) is 0 Å². The Balaban J connectivity index is 3.31. The van der Waals surface area contributed by atoms with E-state index in [1.165, 1.54) is 32.1 Å². The van der Waals surface area contributed by atoms with Crippen molar-refractivity contribution < 1.29 is 14.3 Å². The topological polar surface area (TPSA) is 35.5 Å². The fourth-order valence-corrected chi connectivity index (χ4v) is 1.87. The minimum absolute atomic E-state index is 0.389. The van der Waals surface area contributed by atoms with Crippen LogP contribution >= 0.6 is 11.6 Å². The molecule has 0 spiro atoms. The number of halogens is 1. The lowest BCUT2D eigenvalue weighted by Crippen LogP contribution is -2.14. The first kappa shape index (κ1) is 17.6. The zero-order valence-corrected chi connectivity index (χ0v) is 12.5. The molecule has 0 aliphatic rings. The molecule has 1 atom stereocenters. The van der Waals surface area contributed by atoms with Gasteiger partial charge in [-0.05, 0) is 19.3 Å². The van der Waals surface area contributed by atoms with Crippen molar-refractivity contribution in [2.75, 3.05) is 6.61 Å². The minimum Gasteiger partial charge on any atom is -0.434 e. The average molecular weight is 279 g/mol. The SMILES string of the molecule is CCCCCCCCCC(Cl)OC(=O)OCCC. The zero-order valence-electron chi connectivity index (χ0n) is 11.8. The highest BCUT2D eigenvalue weighted by atomic mass is 35.5. The van der Waals surface area contributed by atoms with Gasteiger partial charge >= 0.3 is 6.16 Å². The molecule has 0 amide bonds. The van der Waals surface area contributed by atoms with E-state index < -0.39 is 11.7 Å². The average Bonchev–Trinajstić information content (AvgIpc) is 2.35. The molecule has 0 aromatic carbocycles. The van der Waals surface area contributed by atoms with E-state index in [0.717, 1.165) is 19.3 Å². The molecule has 0 bridgehead atoms. The van der Waals surface area contributed by atoms with Crippen LogP contribution in [0, 0.1) is 0 Å². The summed E-state index contributed by atoms with van der Waals surface area (Å²) < 4.78 is 9.69. The summed E-state index contributed by atoms with van der Waals surface area (Å²) in [6, 6.07) is 0. The molecule has 0 heterocycles. The van der Waals surface area contributed by atoms with Crippen LogP contribution in [0.25, 0.3) is 0 Å². The van der Waals surface area contributed by atoms with Gasteiger partial charge in [0.25, 0.3) is 0 Å². The Bertz CT molecular complexity index is 197. The number of hydrogen-bond acceptors (Lipinski definition) is 3. The van der Waals surface area contributed by atoms with E-state index >= 15 is 0 Å². The Morgan fingerprint density at radius 2 is 1.61 bits per heavy atom. The summed E-state index contributed by atoms with van der Waals surface area (Å²) in [6.07, 6.45) is 9.45. The monoisotopic (exact) mass is 278 g/mol. The summed E-state index contributed by atoms with van der Waals surface area (Å²) in [5, 5.41) is 0. The first-order chi connectivity index (χ1) is 8.70. The van der Waals surface area contributed by atoms with E-state index in [0.29, 0.717) is 13.0 Å². The van der Waals surface area contributed by atoms with E-state index in [9.17, 15) is 4.79 Å². The van der Waals surface area contributed by atoms with E-state index in [1.54, 1.807) is 0 Å². The Hall–Kier alpha value is -0.440. The maximum absolute atomic E-state index is 11.1. The number of carbonyl (C=O) groups excluding carboxylic acids is 1. The summed E-state index contributed by atoms with van der Waals surface area (Å²) in [7, 11) is 0. The maximum Gasteiger partial charge on any atom is 0.509 e. The van der Waals surface area contributed by atoms with Crippen LogP contribution < -0.4 is 0 Å². The van der Waals surface area contributed by atoms with E-state index in [1.807, 2.05) is 6.92 Å². The molecular formula is C14H27ClO3. The number of rotatable bonds is 11. The quantitative estimate of drug-likeness (QED) is 0.294. The first-order valence-electron chi connectivity index (χ1n) is 7.18. The number of unbranched alkanes of at least 4 members (excludes halogenated alkanes) is 6. The summed E-state index contributed by atoms with van der Waals surface area (Å²) in [6.45, 7) is 4.54. The largest absolute Gasteiger partial charge is 0.509 e. The van der Waals surface area contributed by atoms with E-state index in [2.05, 4.69) is 6.92 Å². The van der Waals surface area contributed by atoms with Gasteiger partial charge < -0.3 is 9.47 Å². The van der Waals surface area contributed by atoms with Gasteiger partial charge in [-0.3, -0.25) is 0 Å². The van der Waals surface area contributed by atoms with Crippen LogP contribution in [0.4, 0.5) is 4.79 Å². The Labute approximate surface area is 116 Å². The lowest BCUT2D eigenvalue weighted by molar-refractivity contribution is 0.0434. The highest BCUT2D eigenvalue weighted by molar-refractivity contribution is 6.20.